The van der Waals surface area contributed by atoms with Crippen LogP contribution in [-0.4, -0.2) is 236 Å². The van der Waals surface area contributed by atoms with Gasteiger partial charge in [0.1, 0.15) is 42.8 Å². The second-order valence-corrected chi connectivity index (χ2v) is 33.7. The molecule has 0 aliphatic carbocycles. The molecule has 1 unspecified atom stereocenters. The van der Waals surface area contributed by atoms with E-state index in [-0.39, 0.29) is 156 Å². The van der Waals surface area contributed by atoms with E-state index in [1.165, 1.54) is 31.2 Å². The average Bonchev–Trinajstić information content (AvgIpc) is 1.59. The van der Waals surface area contributed by atoms with E-state index in [0.29, 0.717) is 37.9 Å². The number of imide groups is 1. The van der Waals surface area contributed by atoms with Gasteiger partial charge in [-0.3, -0.25) is 89.0 Å². The van der Waals surface area contributed by atoms with Crippen LogP contribution in [0.2, 0.25) is 0 Å². The topological polar surface area (TPSA) is 709 Å². The number of fused-ring (bicyclic) bond motifs is 2. The van der Waals surface area contributed by atoms with E-state index in [9.17, 15) is 73.9 Å². The molecule has 0 spiro atoms. The molecule has 0 bridgehead atoms. The summed E-state index contributed by atoms with van der Waals surface area (Å²) in [5, 5.41) is 68.2. The van der Waals surface area contributed by atoms with Crippen molar-refractivity contribution >= 4 is 138 Å². The second kappa shape index (κ2) is 46.1. The van der Waals surface area contributed by atoms with E-state index < -0.39 is 144 Å². The Balaban J connectivity index is 1.23. The van der Waals surface area contributed by atoms with Crippen LogP contribution in [-0.2, 0) is 79.0 Å². The largest absolute Gasteiger partial charge is 0.370 e. The number of carbonyl (C=O) groups excluding carboxylic acids is 10. The SMILES string of the molecule is CC[N+]1=C(/C=C/C=C/C=C2/N(CCCCCC(=O)NCCN3C(=O)CC(SC[C@@H](NC(=O)[C@@H](CCCNC(=N)N)NC(=O)[C@@H](CCCNC(=N)N)NC(=O)[C@@H](CCCNC(=N)N)NC(=O)[C@@H](CCCNC(=N)N)NC(=O)[C@@H](CCCNC(=N)N)NC(C)=O)C(N)=O)C3=O)c3ccc(S(=O)(=O)O)cc3C2(C)C)C(C)(C)c2cc(S(=O)(=O)O)ccc21. The van der Waals surface area contributed by atoms with E-state index >= 15 is 0 Å². The van der Waals surface area contributed by atoms with E-state index in [4.69, 9.17) is 61.4 Å². The molecule has 2 aromatic rings. The summed E-state index contributed by atoms with van der Waals surface area (Å²) in [6.45, 7) is 12.0. The predicted octanol–water partition coefficient (Wildman–Crippen LogP) is -2.36. The van der Waals surface area contributed by atoms with Crippen LogP contribution in [0.3, 0.4) is 0 Å². The summed E-state index contributed by atoms with van der Waals surface area (Å²) >= 11 is 0.849. The number of unbranched alkanes of at least 4 members (excludes halogenated alkanes) is 2. The summed E-state index contributed by atoms with van der Waals surface area (Å²) in [5.41, 5.74) is 36.5. The maximum absolute atomic E-state index is 14.6. The van der Waals surface area contributed by atoms with Gasteiger partial charge in [0.05, 0.1) is 20.5 Å². The zero-order valence-corrected chi connectivity index (χ0v) is 70.2. The standard InChI is InChI=1S/C74H116N26O16S3/c1-7-98-54-29-27-44(118(111,112)113)39-46(54)73(3,4)57(98)24-10-8-11-25-58-74(5,6)47-40-45(119(114,115)116)28-30-55(47)99(58)37-13-9-12-26-59(102)86-36-38-100-60(103)41-56(67(100)110)117-42-53(61(75)104)97-66(109)52(23-18-35-91-72(84)85)96-65(108)51(22-17-34-90-71(82)83)95-64(107)50(21-16-33-89-70(80)81)94-63(106)49(20-15-32-88-69(78)79)93-62(105)48(92-43(2)101)19-14-31-87-68(76)77/h8,10-11,24-25,27-30,39-40,48-53,56H,7,9,12-23,26,31-38,41-42H2,1-6H3,(H30-,75,76,77,78,79,80,81,82,83,84,85,86,87,88,89,90,91,92,93,94,95,96,97,101,102,104,105,106,107,108,109,111,112,113,114,115,116)/p+1/t48-,49-,50-,51-,52-,53-,56?/m1/s1. The molecular weight excluding hydrogens is 1610 g/mol. The average molecular weight is 1720 g/mol. The van der Waals surface area contributed by atoms with Crippen LogP contribution in [0.15, 0.2) is 82.3 Å². The number of allylic oxidation sites excluding steroid dienone is 6. The van der Waals surface area contributed by atoms with Gasteiger partial charge in [-0.1, -0.05) is 38.5 Å². The molecule has 5 rings (SSSR count). The van der Waals surface area contributed by atoms with Crippen LogP contribution < -0.4 is 103 Å². The molecule has 119 heavy (non-hydrogen) atoms. The Morgan fingerprint density at radius 2 is 0.950 bits per heavy atom. The minimum Gasteiger partial charge on any atom is -0.370 e. The van der Waals surface area contributed by atoms with Gasteiger partial charge in [-0.2, -0.15) is 21.4 Å². The number of carbonyl (C=O) groups is 10. The molecule has 0 aromatic heterocycles. The molecule has 10 amide bonds. The summed E-state index contributed by atoms with van der Waals surface area (Å²) in [5.74, 6) is -10.1. The number of rotatable bonds is 50. The van der Waals surface area contributed by atoms with Gasteiger partial charge < -0.3 is 103 Å². The fourth-order valence-corrected chi connectivity index (χ4v) is 15.9. The van der Waals surface area contributed by atoms with Crippen molar-refractivity contribution in [2.75, 3.05) is 69.6 Å². The van der Waals surface area contributed by atoms with E-state index in [1.807, 2.05) is 65.0 Å². The third-order valence-electron chi connectivity index (χ3n) is 19.8. The van der Waals surface area contributed by atoms with E-state index in [0.717, 1.165) is 45.0 Å². The zero-order valence-electron chi connectivity index (χ0n) is 67.7. The Hall–Kier alpha value is -11.5. The molecular formula is C74H117N26O16S3+. The van der Waals surface area contributed by atoms with Crippen molar-refractivity contribution in [1.82, 2.24) is 68.7 Å². The lowest BCUT2D eigenvalue weighted by Crippen LogP contribution is -2.60. The van der Waals surface area contributed by atoms with Gasteiger partial charge in [0.25, 0.3) is 20.2 Å². The molecule has 0 radical (unpaired) electrons. The van der Waals surface area contributed by atoms with Gasteiger partial charge >= 0.3 is 0 Å². The third-order valence-corrected chi connectivity index (χ3v) is 22.8. The maximum Gasteiger partial charge on any atom is 0.294 e. The first-order valence-corrected chi connectivity index (χ1v) is 42.7. The van der Waals surface area contributed by atoms with Crippen LogP contribution in [0.1, 0.15) is 149 Å². The molecule has 45 heteroatoms. The molecule has 31 N–H and O–H groups in total. The van der Waals surface area contributed by atoms with Gasteiger partial charge in [0.2, 0.25) is 64.8 Å². The van der Waals surface area contributed by atoms with Crippen LogP contribution in [0.4, 0.5) is 11.4 Å². The number of benzene rings is 2. The van der Waals surface area contributed by atoms with Gasteiger partial charge in [-0.05, 0) is 140 Å². The first-order chi connectivity index (χ1) is 55.9. The number of amides is 10. The van der Waals surface area contributed by atoms with Gasteiger partial charge in [-0.15, -0.1) is 11.8 Å². The Bertz CT molecular complexity index is 4460. The number of guanidine groups is 5. The third kappa shape index (κ3) is 30.8. The van der Waals surface area contributed by atoms with Crippen molar-refractivity contribution in [1.29, 1.82) is 27.0 Å². The van der Waals surface area contributed by atoms with E-state index in [1.54, 1.807) is 12.1 Å². The highest BCUT2D eigenvalue weighted by Gasteiger charge is 2.46. The maximum atomic E-state index is 14.6. The predicted molar refractivity (Wildman–Crippen MR) is 449 cm³/mol. The Morgan fingerprint density at radius 1 is 0.529 bits per heavy atom. The highest BCUT2D eigenvalue weighted by Crippen LogP contribution is 2.49. The number of hydrogen-bond acceptors (Lipinski definition) is 21. The highest BCUT2D eigenvalue weighted by atomic mass is 32.2. The van der Waals surface area contributed by atoms with Crippen LogP contribution in [0.5, 0.6) is 0 Å². The molecule has 656 valence electrons. The van der Waals surface area contributed by atoms with E-state index in [2.05, 4.69) is 73.3 Å². The number of hydrogen-bond donors (Lipinski definition) is 25. The summed E-state index contributed by atoms with van der Waals surface area (Å²) in [7, 11) is -9.00. The number of nitrogens with two attached hydrogens (primary N) is 6. The fraction of sp³-hybridized carbons (Fsp3) is 0.541. The van der Waals surface area contributed by atoms with Gasteiger partial charge in [0, 0.05) is 112 Å². The molecule has 3 aliphatic heterocycles. The lowest BCUT2D eigenvalue weighted by Gasteiger charge is -2.28. The molecule has 0 saturated carbocycles. The number of nitrogens with zero attached hydrogens (tertiary/aromatic N) is 3. The van der Waals surface area contributed by atoms with Gasteiger partial charge in [0.15, 0.2) is 35.5 Å². The molecule has 3 aliphatic rings. The van der Waals surface area contributed by atoms with Crippen molar-refractivity contribution in [2.24, 2.45) is 34.4 Å². The Labute approximate surface area is 696 Å². The number of thioether (sulfide) groups is 1. The molecule has 1 saturated heterocycles. The fourth-order valence-electron chi connectivity index (χ4n) is 13.7. The Kier molecular flexibility index (Phi) is 38.0. The lowest BCUT2D eigenvalue weighted by molar-refractivity contribution is -0.433. The number of primary amides is 1. The smallest absolute Gasteiger partial charge is 0.294 e. The summed E-state index contributed by atoms with van der Waals surface area (Å²) < 4.78 is 70.6. The van der Waals surface area contributed by atoms with Crippen molar-refractivity contribution < 1.29 is 78.5 Å². The molecule has 3 heterocycles. The molecule has 2 aromatic carbocycles. The number of anilines is 1. The first-order valence-electron chi connectivity index (χ1n) is 38.8. The lowest BCUT2D eigenvalue weighted by atomic mass is 9.81. The second-order valence-electron chi connectivity index (χ2n) is 29.6. The van der Waals surface area contributed by atoms with Crippen molar-refractivity contribution in [3.05, 3.63) is 83.6 Å². The summed E-state index contributed by atoms with van der Waals surface area (Å²) in [6.07, 6.45) is 10.7. The van der Waals surface area contributed by atoms with Crippen LogP contribution in [0, 0.1) is 27.0 Å². The minimum absolute atomic E-state index is 0.00544. The zero-order chi connectivity index (χ0) is 88.7. The highest BCUT2D eigenvalue weighted by molar-refractivity contribution is 8.00. The minimum atomic E-state index is -4.55. The van der Waals surface area contributed by atoms with Crippen LogP contribution in [0.25, 0.3) is 0 Å². The van der Waals surface area contributed by atoms with Crippen molar-refractivity contribution in [3.63, 3.8) is 0 Å². The summed E-state index contributed by atoms with van der Waals surface area (Å²) in [4.78, 5) is 140. The quantitative estimate of drug-likeness (QED) is 0.00626. The van der Waals surface area contributed by atoms with Crippen LogP contribution >= 0.6 is 11.8 Å². The monoisotopic (exact) mass is 1720 g/mol. The van der Waals surface area contributed by atoms with Crippen molar-refractivity contribution in [2.45, 2.75) is 200 Å². The number of likely N-dealkylation sites (tertiary alicyclic amines) is 1. The molecule has 7 atom stereocenters. The van der Waals surface area contributed by atoms with Gasteiger partial charge in [-0.25, -0.2) is 0 Å². The Morgan fingerprint density at radius 3 is 1.36 bits per heavy atom. The van der Waals surface area contributed by atoms with Crippen molar-refractivity contribution in [3.8, 4) is 0 Å². The summed E-state index contributed by atoms with van der Waals surface area (Å²) in [6, 6.07) is 0.314. The molecule has 42 nitrogen and oxygen atoms in total. The molecule has 1 fully saturated rings. The first kappa shape index (κ1) is 98.1. The number of nitrogens with one attached hydrogen (secondary N) is 17. The normalized spacial score (nSPS) is 16.6.